The summed E-state index contributed by atoms with van der Waals surface area (Å²) in [6.45, 7) is 3.56. The molecule has 0 spiro atoms. The first-order valence-corrected chi connectivity index (χ1v) is 10.7. The number of anilines is 2. The van der Waals surface area contributed by atoms with Crippen molar-refractivity contribution < 1.29 is 13.2 Å². The predicted octanol–water partition coefficient (Wildman–Crippen LogP) is 4.42. The van der Waals surface area contributed by atoms with E-state index in [-0.39, 0.29) is 10.5 Å². The summed E-state index contributed by atoms with van der Waals surface area (Å²) in [4.78, 5) is 12.7. The predicted molar refractivity (Wildman–Crippen MR) is 117 cm³/mol. The number of hydrogen-bond donors (Lipinski definition) is 2. The van der Waals surface area contributed by atoms with Gasteiger partial charge >= 0.3 is 0 Å². The molecule has 0 radical (unpaired) electrons. The van der Waals surface area contributed by atoms with Crippen molar-refractivity contribution in [3.05, 3.63) is 89.0 Å². The van der Waals surface area contributed by atoms with E-state index in [0.717, 1.165) is 11.1 Å². The second kappa shape index (κ2) is 8.80. The zero-order valence-corrected chi connectivity index (χ0v) is 17.5. The van der Waals surface area contributed by atoms with Crippen molar-refractivity contribution in [1.29, 1.82) is 5.26 Å². The molecule has 6 nitrogen and oxygen atoms in total. The standard InChI is InChI=1S/C23H21N3O3S/c1-16-4-3-5-21(14-16)26-30(28,29)22-15-19(9-6-17(22)2)23(27)25-20-10-7-18(8-11-20)12-13-24/h3-11,14-15,26H,12H2,1-2H3,(H,25,27). The van der Waals surface area contributed by atoms with Crippen LogP contribution in [0.3, 0.4) is 0 Å². The minimum absolute atomic E-state index is 0.0426. The molecule has 0 aromatic heterocycles. The number of nitriles is 1. The van der Waals surface area contributed by atoms with Gasteiger partial charge in [-0.15, -0.1) is 0 Å². The van der Waals surface area contributed by atoms with Crippen LogP contribution in [0.4, 0.5) is 11.4 Å². The van der Waals surface area contributed by atoms with Crippen LogP contribution in [-0.2, 0) is 16.4 Å². The average Bonchev–Trinajstić information content (AvgIpc) is 2.69. The molecule has 3 rings (SSSR count). The summed E-state index contributed by atoms with van der Waals surface area (Å²) in [5.41, 5.74) is 3.56. The molecule has 0 aliphatic carbocycles. The van der Waals surface area contributed by atoms with Crippen molar-refractivity contribution in [3.8, 4) is 6.07 Å². The summed E-state index contributed by atoms with van der Waals surface area (Å²) in [7, 11) is -3.86. The Morgan fingerprint density at radius 2 is 1.70 bits per heavy atom. The van der Waals surface area contributed by atoms with Crippen LogP contribution in [-0.4, -0.2) is 14.3 Å². The van der Waals surface area contributed by atoms with Crippen LogP contribution in [0, 0.1) is 25.2 Å². The Kier molecular flexibility index (Phi) is 6.19. The Bertz CT molecular complexity index is 1230. The second-order valence-electron chi connectivity index (χ2n) is 6.94. The zero-order valence-electron chi connectivity index (χ0n) is 16.6. The van der Waals surface area contributed by atoms with E-state index in [9.17, 15) is 13.2 Å². The van der Waals surface area contributed by atoms with Gasteiger partial charge in [0.05, 0.1) is 17.4 Å². The maximum Gasteiger partial charge on any atom is 0.262 e. The molecule has 0 atom stereocenters. The molecule has 7 heteroatoms. The van der Waals surface area contributed by atoms with Crippen LogP contribution in [0.15, 0.2) is 71.6 Å². The molecule has 0 bridgehead atoms. The van der Waals surface area contributed by atoms with E-state index in [1.54, 1.807) is 61.5 Å². The van der Waals surface area contributed by atoms with Gasteiger partial charge < -0.3 is 5.32 Å². The fourth-order valence-electron chi connectivity index (χ4n) is 2.95. The van der Waals surface area contributed by atoms with Crippen molar-refractivity contribution in [2.75, 3.05) is 10.0 Å². The van der Waals surface area contributed by atoms with Crippen LogP contribution >= 0.6 is 0 Å². The van der Waals surface area contributed by atoms with Gasteiger partial charge in [-0.1, -0.05) is 30.3 Å². The van der Waals surface area contributed by atoms with Gasteiger partial charge in [-0.25, -0.2) is 8.42 Å². The number of carbonyl (C=O) groups excluding carboxylic acids is 1. The minimum atomic E-state index is -3.86. The third-order valence-electron chi connectivity index (χ3n) is 4.51. The van der Waals surface area contributed by atoms with Crippen molar-refractivity contribution in [2.24, 2.45) is 0 Å². The molecule has 0 fully saturated rings. The first kappa shape index (κ1) is 21.1. The van der Waals surface area contributed by atoms with Crippen LogP contribution in [0.1, 0.15) is 27.0 Å². The molecule has 0 aliphatic rings. The second-order valence-corrected chi connectivity index (χ2v) is 8.59. The lowest BCUT2D eigenvalue weighted by molar-refractivity contribution is 0.102. The smallest absolute Gasteiger partial charge is 0.262 e. The number of sulfonamides is 1. The molecular weight excluding hydrogens is 398 g/mol. The molecule has 2 N–H and O–H groups in total. The SMILES string of the molecule is Cc1cccc(NS(=O)(=O)c2cc(C(=O)Nc3ccc(CC#N)cc3)ccc2C)c1. The van der Waals surface area contributed by atoms with Crippen molar-refractivity contribution in [1.82, 2.24) is 0 Å². The summed E-state index contributed by atoms with van der Waals surface area (Å²) in [6, 6.07) is 20.6. The molecular formula is C23H21N3O3S. The van der Waals surface area contributed by atoms with Gasteiger partial charge in [-0.05, 0) is 66.9 Å². The Labute approximate surface area is 176 Å². The highest BCUT2D eigenvalue weighted by molar-refractivity contribution is 7.92. The molecule has 0 heterocycles. The molecule has 0 aliphatic heterocycles. The summed E-state index contributed by atoms with van der Waals surface area (Å²) in [5, 5.41) is 11.5. The highest BCUT2D eigenvalue weighted by Crippen LogP contribution is 2.22. The van der Waals surface area contributed by atoms with Crippen molar-refractivity contribution >= 4 is 27.3 Å². The molecule has 0 saturated heterocycles. The topological polar surface area (TPSA) is 99.1 Å². The first-order chi connectivity index (χ1) is 14.3. The van der Waals surface area contributed by atoms with Gasteiger partial charge in [0, 0.05) is 16.9 Å². The van der Waals surface area contributed by atoms with Crippen LogP contribution < -0.4 is 10.0 Å². The number of aryl methyl sites for hydroxylation is 2. The molecule has 0 unspecified atom stereocenters. The largest absolute Gasteiger partial charge is 0.322 e. The lowest BCUT2D eigenvalue weighted by Gasteiger charge is -2.13. The molecule has 152 valence electrons. The van der Waals surface area contributed by atoms with Gasteiger partial charge in [-0.2, -0.15) is 5.26 Å². The lowest BCUT2D eigenvalue weighted by Crippen LogP contribution is -2.17. The average molecular weight is 420 g/mol. The maximum atomic E-state index is 12.9. The number of hydrogen-bond acceptors (Lipinski definition) is 4. The lowest BCUT2D eigenvalue weighted by atomic mass is 10.1. The Morgan fingerprint density at radius 1 is 0.967 bits per heavy atom. The Morgan fingerprint density at radius 3 is 2.37 bits per heavy atom. The van der Waals surface area contributed by atoms with E-state index in [2.05, 4.69) is 16.1 Å². The zero-order chi connectivity index (χ0) is 21.7. The first-order valence-electron chi connectivity index (χ1n) is 9.26. The number of nitrogens with zero attached hydrogens (tertiary/aromatic N) is 1. The van der Waals surface area contributed by atoms with Crippen LogP contribution in [0.5, 0.6) is 0 Å². The minimum Gasteiger partial charge on any atom is -0.322 e. The number of nitrogens with one attached hydrogen (secondary N) is 2. The molecule has 1 amide bonds. The normalized spacial score (nSPS) is 10.8. The fraction of sp³-hybridized carbons (Fsp3) is 0.130. The highest BCUT2D eigenvalue weighted by Gasteiger charge is 2.19. The van der Waals surface area contributed by atoms with E-state index in [0.29, 0.717) is 23.4 Å². The third kappa shape index (κ3) is 5.04. The third-order valence-corrected chi connectivity index (χ3v) is 6.03. The number of amides is 1. The fourth-order valence-corrected chi connectivity index (χ4v) is 4.27. The molecule has 3 aromatic rings. The van der Waals surface area contributed by atoms with Gasteiger partial charge in [0.25, 0.3) is 15.9 Å². The maximum absolute atomic E-state index is 12.9. The van der Waals surface area contributed by atoms with Gasteiger partial charge in [-0.3, -0.25) is 9.52 Å². The van der Waals surface area contributed by atoms with Gasteiger partial charge in [0.1, 0.15) is 0 Å². The van der Waals surface area contributed by atoms with Crippen LogP contribution in [0.2, 0.25) is 0 Å². The number of benzene rings is 3. The summed E-state index contributed by atoms with van der Waals surface area (Å²) < 4.78 is 28.4. The van der Waals surface area contributed by atoms with E-state index < -0.39 is 15.9 Å². The highest BCUT2D eigenvalue weighted by atomic mass is 32.2. The van der Waals surface area contributed by atoms with E-state index in [1.165, 1.54) is 6.07 Å². The molecule has 0 saturated carbocycles. The monoisotopic (exact) mass is 419 g/mol. The van der Waals surface area contributed by atoms with Crippen molar-refractivity contribution in [3.63, 3.8) is 0 Å². The van der Waals surface area contributed by atoms with Gasteiger partial charge in [0.15, 0.2) is 0 Å². The van der Waals surface area contributed by atoms with E-state index in [1.807, 2.05) is 13.0 Å². The van der Waals surface area contributed by atoms with Crippen LogP contribution in [0.25, 0.3) is 0 Å². The van der Waals surface area contributed by atoms with E-state index >= 15 is 0 Å². The molecule has 30 heavy (non-hydrogen) atoms. The quantitative estimate of drug-likeness (QED) is 0.618. The Hall–Kier alpha value is -3.63. The number of carbonyl (C=O) groups is 1. The van der Waals surface area contributed by atoms with Crippen molar-refractivity contribution in [2.45, 2.75) is 25.2 Å². The van der Waals surface area contributed by atoms with Gasteiger partial charge in [0.2, 0.25) is 0 Å². The van der Waals surface area contributed by atoms with E-state index in [4.69, 9.17) is 5.26 Å². The number of rotatable bonds is 6. The Balaban J connectivity index is 1.83. The molecule has 3 aromatic carbocycles. The summed E-state index contributed by atoms with van der Waals surface area (Å²) in [5.74, 6) is -0.421. The summed E-state index contributed by atoms with van der Waals surface area (Å²) in [6.07, 6.45) is 0.293. The summed E-state index contributed by atoms with van der Waals surface area (Å²) >= 11 is 0.